The Balaban J connectivity index is 0.00000242. The lowest BCUT2D eigenvalue weighted by Gasteiger charge is -2.12. The maximum absolute atomic E-state index is 9.15. The Bertz CT molecular complexity index is 583. The minimum absolute atomic E-state index is 0. The fourth-order valence-electron chi connectivity index (χ4n) is 2.03. The molecule has 0 spiro atoms. The van der Waals surface area contributed by atoms with Gasteiger partial charge in [-0.2, -0.15) is 0 Å². The second-order valence-corrected chi connectivity index (χ2v) is 5.19. The number of methoxy groups -OCH3 is 1. The molecule has 4 nitrogen and oxygen atoms in total. The zero-order valence-electron chi connectivity index (χ0n) is 12.6. The lowest BCUT2D eigenvalue weighted by molar-refractivity contribution is 0.235. The first-order valence-corrected chi connectivity index (χ1v) is 7.32. The molecule has 0 radical (unpaired) electrons. The van der Waals surface area contributed by atoms with Gasteiger partial charge in [0.05, 0.1) is 25.3 Å². The highest BCUT2D eigenvalue weighted by Crippen LogP contribution is 2.31. The van der Waals surface area contributed by atoms with Crippen molar-refractivity contribution < 1.29 is 14.3 Å². The number of nitrogens with one attached hydrogen (secondary N) is 1. The molecule has 0 saturated heterocycles. The first-order valence-electron chi connectivity index (χ1n) is 6.94. The molecule has 6 heteroatoms. The Hall–Kier alpha value is -1.20. The molecule has 0 bridgehead atoms. The second kappa shape index (κ2) is 9.06. The van der Waals surface area contributed by atoms with E-state index in [1.165, 1.54) is 0 Å². The number of ether oxygens (including phenoxy) is 1. The molecule has 122 valence electrons. The van der Waals surface area contributed by atoms with Crippen LogP contribution in [0.1, 0.15) is 19.1 Å². The minimum atomic E-state index is 0. The molecule has 2 rings (SSSR count). The summed E-state index contributed by atoms with van der Waals surface area (Å²) in [6, 6.07) is 9.47. The van der Waals surface area contributed by atoms with Crippen molar-refractivity contribution in [3.05, 3.63) is 41.1 Å². The molecule has 2 aromatic rings. The number of aliphatic hydroxyl groups is 1. The maximum atomic E-state index is 9.15. The van der Waals surface area contributed by atoms with Crippen LogP contribution in [-0.2, 0) is 6.54 Å². The number of hydrogen-bond acceptors (Lipinski definition) is 4. The largest absolute Gasteiger partial charge is 0.495 e. The number of aliphatic hydroxyl groups excluding tert-OH is 1. The third-order valence-electron chi connectivity index (χ3n) is 3.38. The molecule has 1 atom stereocenters. The highest BCUT2D eigenvalue weighted by molar-refractivity contribution is 6.32. The molecule has 0 saturated carbocycles. The van der Waals surface area contributed by atoms with Crippen LogP contribution in [0.25, 0.3) is 11.3 Å². The van der Waals surface area contributed by atoms with Crippen molar-refractivity contribution in [2.45, 2.75) is 25.9 Å². The van der Waals surface area contributed by atoms with E-state index in [1.807, 2.05) is 37.3 Å². The van der Waals surface area contributed by atoms with E-state index in [9.17, 15) is 0 Å². The van der Waals surface area contributed by atoms with Crippen LogP contribution in [0.3, 0.4) is 0 Å². The van der Waals surface area contributed by atoms with E-state index in [-0.39, 0.29) is 25.1 Å². The van der Waals surface area contributed by atoms with Crippen molar-refractivity contribution >= 4 is 24.0 Å². The highest BCUT2D eigenvalue weighted by Gasteiger charge is 2.09. The zero-order chi connectivity index (χ0) is 15.2. The van der Waals surface area contributed by atoms with Crippen LogP contribution in [-0.4, -0.2) is 24.9 Å². The second-order valence-electron chi connectivity index (χ2n) is 4.78. The fraction of sp³-hybridized carbons (Fsp3) is 0.375. The Kier molecular flexibility index (Phi) is 7.76. The Morgan fingerprint density at radius 1 is 1.32 bits per heavy atom. The molecule has 1 heterocycles. The van der Waals surface area contributed by atoms with Gasteiger partial charge in [0, 0.05) is 11.6 Å². The summed E-state index contributed by atoms with van der Waals surface area (Å²) in [6.45, 7) is 2.74. The Labute approximate surface area is 141 Å². The molecular formula is C16H21Cl2NO3. The molecule has 0 aliphatic heterocycles. The van der Waals surface area contributed by atoms with Crippen molar-refractivity contribution in [1.82, 2.24) is 5.32 Å². The molecule has 0 fully saturated rings. The van der Waals surface area contributed by atoms with E-state index < -0.39 is 0 Å². The van der Waals surface area contributed by atoms with Crippen LogP contribution >= 0.6 is 24.0 Å². The summed E-state index contributed by atoms with van der Waals surface area (Å²) in [5.41, 5.74) is 0.904. The molecule has 0 amide bonds. The van der Waals surface area contributed by atoms with Crippen LogP contribution in [0, 0.1) is 0 Å². The highest BCUT2D eigenvalue weighted by atomic mass is 35.5. The number of furan rings is 1. The van der Waals surface area contributed by atoms with Gasteiger partial charge in [0.25, 0.3) is 0 Å². The van der Waals surface area contributed by atoms with E-state index in [0.29, 0.717) is 17.3 Å². The van der Waals surface area contributed by atoms with E-state index in [0.717, 1.165) is 23.5 Å². The average molecular weight is 346 g/mol. The fourth-order valence-corrected chi connectivity index (χ4v) is 2.29. The van der Waals surface area contributed by atoms with Gasteiger partial charge < -0.3 is 19.6 Å². The lowest BCUT2D eigenvalue weighted by Crippen LogP contribution is -2.30. The van der Waals surface area contributed by atoms with Gasteiger partial charge in [-0.15, -0.1) is 12.4 Å². The molecule has 2 N–H and O–H groups in total. The van der Waals surface area contributed by atoms with E-state index in [1.54, 1.807) is 7.11 Å². The van der Waals surface area contributed by atoms with Crippen molar-refractivity contribution in [2.75, 3.05) is 13.7 Å². The van der Waals surface area contributed by atoms with E-state index in [2.05, 4.69) is 5.32 Å². The number of benzene rings is 1. The minimum Gasteiger partial charge on any atom is -0.495 e. The summed E-state index contributed by atoms with van der Waals surface area (Å²) in [5, 5.41) is 12.9. The topological polar surface area (TPSA) is 54.6 Å². The summed E-state index contributed by atoms with van der Waals surface area (Å²) in [5.74, 6) is 2.22. The first-order chi connectivity index (χ1) is 10.2. The quantitative estimate of drug-likeness (QED) is 0.799. The summed E-state index contributed by atoms with van der Waals surface area (Å²) >= 11 is 6.12. The van der Waals surface area contributed by atoms with Gasteiger partial charge in [-0.3, -0.25) is 0 Å². The van der Waals surface area contributed by atoms with Crippen LogP contribution in [0.5, 0.6) is 5.75 Å². The normalized spacial score (nSPS) is 11.8. The van der Waals surface area contributed by atoms with Crippen molar-refractivity contribution in [1.29, 1.82) is 0 Å². The Morgan fingerprint density at radius 3 is 2.68 bits per heavy atom. The monoisotopic (exact) mass is 345 g/mol. The Morgan fingerprint density at radius 2 is 2.09 bits per heavy atom. The number of rotatable bonds is 7. The first kappa shape index (κ1) is 18.8. The van der Waals surface area contributed by atoms with Crippen molar-refractivity contribution in [3.8, 4) is 17.1 Å². The van der Waals surface area contributed by atoms with Gasteiger partial charge in [0.15, 0.2) is 0 Å². The van der Waals surface area contributed by atoms with Gasteiger partial charge in [-0.05, 0) is 36.8 Å². The van der Waals surface area contributed by atoms with Gasteiger partial charge in [0.2, 0.25) is 0 Å². The van der Waals surface area contributed by atoms with Crippen LogP contribution < -0.4 is 10.1 Å². The SMILES string of the molecule is CCC(CO)NCc1ccc(-c2ccc(OC)c(Cl)c2)o1.Cl. The van der Waals surface area contributed by atoms with Crippen molar-refractivity contribution in [3.63, 3.8) is 0 Å². The van der Waals surface area contributed by atoms with Crippen LogP contribution in [0.2, 0.25) is 5.02 Å². The predicted octanol–water partition coefficient (Wildman–Crippen LogP) is 3.89. The van der Waals surface area contributed by atoms with E-state index >= 15 is 0 Å². The van der Waals surface area contributed by atoms with Crippen molar-refractivity contribution in [2.24, 2.45) is 0 Å². The third kappa shape index (κ3) is 4.65. The predicted molar refractivity (Wildman–Crippen MR) is 91.0 cm³/mol. The lowest BCUT2D eigenvalue weighted by atomic mass is 10.2. The summed E-state index contributed by atoms with van der Waals surface area (Å²) < 4.78 is 10.9. The molecule has 0 aliphatic carbocycles. The third-order valence-corrected chi connectivity index (χ3v) is 3.67. The van der Waals surface area contributed by atoms with Gasteiger partial charge >= 0.3 is 0 Å². The number of halogens is 2. The maximum Gasteiger partial charge on any atom is 0.137 e. The van der Waals surface area contributed by atoms with Gasteiger partial charge in [-0.1, -0.05) is 18.5 Å². The molecular weight excluding hydrogens is 325 g/mol. The summed E-state index contributed by atoms with van der Waals surface area (Å²) in [7, 11) is 1.59. The molecule has 1 aromatic heterocycles. The summed E-state index contributed by atoms with van der Waals surface area (Å²) in [4.78, 5) is 0. The summed E-state index contributed by atoms with van der Waals surface area (Å²) in [6.07, 6.45) is 0.873. The standard InChI is InChI=1S/C16H20ClNO3.ClH/c1-3-12(10-19)18-9-13-5-7-15(21-13)11-4-6-16(20-2)14(17)8-11;/h4-8,12,18-19H,3,9-10H2,1-2H3;1H. The van der Waals surface area contributed by atoms with E-state index in [4.69, 9.17) is 25.9 Å². The smallest absolute Gasteiger partial charge is 0.137 e. The van der Waals surface area contributed by atoms with Crippen LogP contribution in [0.4, 0.5) is 0 Å². The molecule has 1 aromatic carbocycles. The molecule has 1 unspecified atom stereocenters. The zero-order valence-corrected chi connectivity index (χ0v) is 14.2. The van der Waals surface area contributed by atoms with Gasteiger partial charge in [0.1, 0.15) is 17.3 Å². The molecule has 22 heavy (non-hydrogen) atoms. The average Bonchev–Trinajstić information content (AvgIpc) is 2.97. The number of hydrogen-bond donors (Lipinski definition) is 2. The van der Waals surface area contributed by atoms with Gasteiger partial charge in [-0.25, -0.2) is 0 Å². The van der Waals surface area contributed by atoms with Crippen LogP contribution in [0.15, 0.2) is 34.7 Å². The molecule has 0 aliphatic rings.